The quantitative estimate of drug-likeness (QED) is 0.858. The topological polar surface area (TPSA) is 41.1 Å². The van der Waals surface area contributed by atoms with Crippen molar-refractivity contribution < 1.29 is 4.79 Å². The van der Waals surface area contributed by atoms with Crippen LogP contribution in [0, 0.1) is 11.3 Å². The van der Waals surface area contributed by atoms with E-state index in [1.165, 1.54) is 12.8 Å². The van der Waals surface area contributed by atoms with Gasteiger partial charge in [-0.05, 0) is 56.0 Å². The first-order valence-electron chi connectivity index (χ1n) is 7.71. The second-order valence-electron chi connectivity index (χ2n) is 6.61. The number of rotatable bonds is 5. The average Bonchev–Trinajstić information content (AvgIpc) is 2.45. The van der Waals surface area contributed by atoms with Gasteiger partial charge in [0.15, 0.2) is 0 Å². The number of halogens is 2. The maximum atomic E-state index is 12.4. The molecule has 2 N–H and O–H groups in total. The molecule has 0 saturated carbocycles. The van der Waals surface area contributed by atoms with Crippen LogP contribution in [-0.2, 0) is 11.2 Å². The molecule has 2 rings (SSSR count). The molecule has 0 spiro atoms. The van der Waals surface area contributed by atoms with E-state index in [1.807, 2.05) is 38.1 Å². The molecule has 1 heterocycles. The molecule has 1 unspecified atom stereocenters. The molecule has 3 nitrogen and oxygen atoms in total. The molecule has 1 aromatic rings. The average molecular weight is 345 g/mol. The highest BCUT2D eigenvalue weighted by Crippen LogP contribution is 2.24. The van der Waals surface area contributed by atoms with E-state index in [4.69, 9.17) is 11.6 Å². The summed E-state index contributed by atoms with van der Waals surface area (Å²) in [6, 6.07) is 7.74. The van der Waals surface area contributed by atoms with Crippen LogP contribution in [0.2, 0.25) is 5.02 Å². The van der Waals surface area contributed by atoms with Crippen LogP contribution in [0.5, 0.6) is 0 Å². The summed E-state index contributed by atoms with van der Waals surface area (Å²) in [7, 11) is 0. The van der Waals surface area contributed by atoms with Gasteiger partial charge in [0.2, 0.25) is 5.91 Å². The van der Waals surface area contributed by atoms with Crippen LogP contribution >= 0.6 is 24.0 Å². The summed E-state index contributed by atoms with van der Waals surface area (Å²) in [6.07, 6.45) is 3.09. The van der Waals surface area contributed by atoms with Gasteiger partial charge in [-0.15, -0.1) is 12.4 Å². The Hall–Kier alpha value is -0.770. The van der Waals surface area contributed by atoms with Crippen molar-refractivity contribution in [1.82, 2.24) is 10.6 Å². The Labute approximate surface area is 144 Å². The Morgan fingerprint density at radius 2 is 2.23 bits per heavy atom. The molecule has 1 aliphatic heterocycles. The van der Waals surface area contributed by atoms with Crippen LogP contribution in [0.15, 0.2) is 24.3 Å². The number of benzene rings is 1. The van der Waals surface area contributed by atoms with Crippen molar-refractivity contribution in [1.29, 1.82) is 0 Å². The zero-order valence-corrected chi connectivity index (χ0v) is 14.9. The number of nitrogens with one attached hydrogen (secondary N) is 2. The summed E-state index contributed by atoms with van der Waals surface area (Å²) in [6.45, 7) is 6.86. The predicted octanol–water partition coefficient (Wildman–Crippen LogP) is 3.45. The molecule has 1 aromatic carbocycles. The van der Waals surface area contributed by atoms with Crippen LogP contribution in [0.3, 0.4) is 0 Å². The third kappa shape index (κ3) is 5.79. The molecule has 0 radical (unpaired) electrons. The molecule has 1 aliphatic rings. The molecule has 124 valence electrons. The van der Waals surface area contributed by atoms with Crippen molar-refractivity contribution >= 4 is 29.9 Å². The molecular weight excluding hydrogens is 319 g/mol. The van der Waals surface area contributed by atoms with Gasteiger partial charge in [0.1, 0.15) is 0 Å². The van der Waals surface area contributed by atoms with Gasteiger partial charge in [0, 0.05) is 17.0 Å². The van der Waals surface area contributed by atoms with Crippen LogP contribution in [0.4, 0.5) is 0 Å². The minimum atomic E-state index is -0.424. The molecular formula is C17H26Cl2N2O. The molecule has 5 heteroatoms. The Morgan fingerprint density at radius 1 is 1.45 bits per heavy atom. The number of carbonyl (C=O) groups is 1. The Morgan fingerprint density at radius 3 is 2.86 bits per heavy atom. The van der Waals surface area contributed by atoms with E-state index in [0.717, 1.165) is 30.2 Å². The summed E-state index contributed by atoms with van der Waals surface area (Å²) in [5, 5.41) is 7.21. The number of amides is 1. The van der Waals surface area contributed by atoms with Crippen molar-refractivity contribution in [3.63, 3.8) is 0 Å². The molecule has 1 atom stereocenters. The van der Waals surface area contributed by atoms with Crippen molar-refractivity contribution in [2.75, 3.05) is 19.6 Å². The summed E-state index contributed by atoms with van der Waals surface area (Å²) < 4.78 is 0. The van der Waals surface area contributed by atoms with E-state index < -0.39 is 5.41 Å². The fraction of sp³-hybridized carbons (Fsp3) is 0.588. The van der Waals surface area contributed by atoms with E-state index in [1.54, 1.807) is 0 Å². The lowest BCUT2D eigenvalue weighted by molar-refractivity contribution is -0.129. The van der Waals surface area contributed by atoms with Gasteiger partial charge < -0.3 is 10.6 Å². The monoisotopic (exact) mass is 344 g/mol. The van der Waals surface area contributed by atoms with E-state index in [2.05, 4.69) is 10.6 Å². The lowest BCUT2D eigenvalue weighted by atomic mass is 9.84. The first-order chi connectivity index (χ1) is 9.97. The van der Waals surface area contributed by atoms with Crippen LogP contribution in [0.1, 0.15) is 32.3 Å². The second-order valence-corrected chi connectivity index (χ2v) is 7.05. The smallest absolute Gasteiger partial charge is 0.226 e. The number of hydrogen-bond donors (Lipinski definition) is 2. The SMILES string of the molecule is CC(C)(Cc1cccc(Cl)c1)C(=O)NCC1CCCNC1.Cl. The fourth-order valence-electron chi connectivity index (χ4n) is 2.81. The van der Waals surface area contributed by atoms with Crippen LogP contribution in [-0.4, -0.2) is 25.5 Å². The largest absolute Gasteiger partial charge is 0.355 e. The summed E-state index contributed by atoms with van der Waals surface area (Å²) in [5.41, 5.74) is 0.675. The Bertz CT molecular complexity index is 485. The van der Waals surface area contributed by atoms with Crippen molar-refractivity contribution in [2.45, 2.75) is 33.1 Å². The summed E-state index contributed by atoms with van der Waals surface area (Å²) in [5.74, 6) is 0.678. The normalized spacial score (nSPS) is 18.4. The molecule has 0 aromatic heterocycles. The first kappa shape index (κ1) is 19.3. The van der Waals surface area contributed by atoms with Crippen molar-refractivity contribution in [3.05, 3.63) is 34.9 Å². The number of carbonyl (C=O) groups excluding carboxylic acids is 1. The predicted molar refractivity (Wildman–Crippen MR) is 94.8 cm³/mol. The summed E-state index contributed by atoms with van der Waals surface area (Å²) >= 11 is 6.01. The Balaban J connectivity index is 0.00000242. The summed E-state index contributed by atoms with van der Waals surface area (Å²) in [4.78, 5) is 12.4. The van der Waals surface area contributed by atoms with E-state index in [9.17, 15) is 4.79 Å². The highest BCUT2D eigenvalue weighted by molar-refractivity contribution is 6.30. The molecule has 0 aliphatic carbocycles. The highest BCUT2D eigenvalue weighted by Gasteiger charge is 2.28. The van der Waals surface area contributed by atoms with Gasteiger partial charge in [-0.1, -0.05) is 37.6 Å². The maximum Gasteiger partial charge on any atom is 0.226 e. The molecule has 22 heavy (non-hydrogen) atoms. The van der Waals surface area contributed by atoms with E-state index in [0.29, 0.717) is 12.3 Å². The van der Waals surface area contributed by atoms with Gasteiger partial charge in [0.25, 0.3) is 0 Å². The van der Waals surface area contributed by atoms with E-state index >= 15 is 0 Å². The zero-order chi connectivity index (χ0) is 15.3. The maximum absolute atomic E-state index is 12.4. The third-order valence-corrected chi connectivity index (χ3v) is 4.34. The van der Waals surface area contributed by atoms with Crippen molar-refractivity contribution in [2.24, 2.45) is 11.3 Å². The van der Waals surface area contributed by atoms with Crippen molar-refractivity contribution in [3.8, 4) is 0 Å². The molecule has 1 saturated heterocycles. The molecule has 0 bridgehead atoms. The number of hydrogen-bond acceptors (Lipinski definition) is 2. The zero-order valence-electron chi connectivity index (χ0n) is 13.3. The second kappa shape index (κ2) is 8.76. The standard InChI is InChI=1S/C17H25ClN2O.ClH/c1-17(2,10-13-5-3-7-15(18)9-13)16(21)20-12-14-6-4-8-19-11-14;/h3,5,7,9,14,19H,4,6,8,10-12H2,1-2H3,(H,20,21);1H. The van der Waals surface area contributed by atoms with E-state index in [-0.39, 0.29) is 18.3 Å². The lowest BCUT2D eigenvalue weighted by Gasteiger charge is -2.27. The van der Waals surface area contributed by atoms with Gasteiger partial charge in [-0.2, -0.15) is 0 Å². The fourth-order valence-corrected chi connectivity index (χ4v) is 3.02. The van der Waals surface area contributed by atoms with Gasteiger partial charge in [-0.25, -0.2) is 0 Å². The highest BCUT2D eigenvalue weighted by atomic mass is 35.5. The van der Waals surface area contributed by atoms with Gasteiger partial charge in [0.05, 0.1) is 0 Å². The lowest BCUT2D eigenvalue weighted by Crippen LogP contribution is -2.43. The van der Waals surface area contributed by atoms with Gasteiger partial charge in [-0.3, -0.25) is 4.79 Å². The van der Waals surface area contributed by atoms with Gasteiger partial charge >= 0.3 is 0 Å². The Kier molecular flexibility index (Phi) is 7.67. The third-order valence-electron chi connectivity index (χ3n) is 4.10. The first-order valence-corrected chi connectivity index (χ1v) is 8.08. The van der Waals surface area contributed by atoms with Crippen LogP contribution in [0.25, 0.3) is 0 Å². The van der Waals surface area contributed by atoms with Crippen LogP contribution < -0.4 is 10.6 Å². The number of piperidine rings is 1. The minimum absolute atomic E-state index is 0. The molecule has 1 fully saturated rings. The minimum Gasteiger partial charge on any atom is -0.355 e. The molecule has 1 amide bonds.